The van der Waals surface area contributed by atoms with Crippen molar-refractivity contribution in [3.63, 3.8) is 0 Å². The lowest BCUT2D eigenvalue weighted by Gasteiger charge is -2.22. The van der Waals surface area contributed by atoms with Crippen LogP contribution in [-0.2, 0) is 10.0 Å². The van der Waals surface area contributed by atoms with Crippen LogP contribution in [0.1, 0.15) is 38.3 Å². The smallest absolute Gasteiger partial charge is 0.234 e. The van der Waals surface area contributed by atoms with E-state index in [1.54, 1.807) is 0 Å². The van der Waals surface area contributed by atoms with Crippen molar-refractivity contribution in [1.29, 1.82) is 0 Å². The predicted molar refractivity (Wildman–Crippen MR) is 79.2 cm³/mol. The summed E-state index contributed by atoms with van der Waals surface area (Å²) in [6.07, 6.45) is 1.85. The topological polar surface area (TPSA) is 71.1 Å². The molecule has 108 valence electrons. The van der Waals surface area contributed by atoms with Crippen molar-refractivity contribution in [2.75, 3.05) is 23.6 Å². The number of nitrogens with zero attached hydrogens (tertiary/aromatic N) is 1. The van der Waals surface area contributed by atoms with E-state index >= 15 is 0 Å². The average Bonchev–Trinajstić information content (AvgIpc) is 2.77. The Hall–Kier alpha value is -0.660. The van der Waals surface area contributed by atoms with Crippen LogP contribution in [0.5, 0.6) is 0 Å². The van der Waals surface area contributed by atoms with Gasteiger partial charge in [0.2, 0.25) is 10.0 Å². The van der Waals surface area contributed by atoms with Gasteiger partial charge in [0, 0.05) is 5.38 Å². The zero-order valence-corrected chi connectivity index (χ0v) is 13.0. The van der Waals surface area contributed by atoms with Crippen molar-refractivity contribution in [2.45, 2.75) is 32.6 Å². The fourth-order valence-electron chi connectivity index (χ4n) is 2.13. The van der Waals surface area contributed by atoms with Gasteiger partial charge in [-0.25, -0.2) is 13.4 Å². The Kier molecular flexibility index (Phi) is 4.81. The molecule has 2 heterocycles. The zero-order chi connectivity index (χ0) is 13.9. The summed E-state index contributed by atoms with van der Waals surface area (Å²) in [5, 5.41) is 5.63. The highest BCUT2D eigenvalue weighted by Gasteiger charge is 2.22. The molecule has 0 atom stereocenters. The van der Waals surface area contributed by atoms with Gasteiger partial charge in [-0.15, -0.1) is 11.3 Å². The molecule has 0 unspecified atom stereocenters. The van der Waals surface area contributed by atoms with Gasteiger partial charge < -0.3 is 5.32 Å². The van der Waals surface area contributed by atoms with E-state index in [0.717, 1.165) is 31.6 Å². The Morgan fingerprint density at radius 3 is 2.74 bits per heavy atom. The predicted octanol–water partition coefficient (Wildman–Crippen LogP) is 2.01. The quantitative estimate of drug-likeness (QED) is 0.873. The minimum Gasteiger partial charge on any atom is -0.317 e. The maximum atomic E-state index is 12.1. The zero-order valence-electron chi connectivity index (χ0n) is 11.3. The summed E-state index contributed by atoms with van der Waals surface area (Å²) in [4.78, 5) is 4.30. The summed E-state index contributed by atoms with van der Waals surface area (Å²) in [5.74, 6) is 0.771. The number of rotatable bonds is 5. The van der Waals surface area contributed by atoms with Crippen molar-refractivity contribution in [2.24, 2.45) is 5.92 Å². The molecule has 1 aromatic rings. The lowest BCUT2D eigenvalue weighted by Crippen LogP contribution is -2.33. The fourth-order valence-corrected chi connectivity index (χ4v) is 4.77. The standard InChI is InChI=1S/C12H21N3O2S2/c1-9(2)11-7-18-12(14-11)15-19(16,17)8-10-3-5-13-6-4-10/h7,9-10,13H,3-6,8H2,1-2H3,(H,14,15). The van der Waals surface area contributed by atoms with E-state index in [9.17, 15) is 8.42 Å². The van der Waals surface area contributed by atoms with Crippen molar-refractivity contribution in [3.05, 3.63) is 11.1 Å². The molecule has 1 aromatic heterocycles. The molecule has 1 aliphatic rings. The van der Waals surface area contributed by atoms with E-state index < -0.39 is 10.0 Å². The molecular weight excluding hydrogens is 282 g/mol. The highest BCUT2D eigenvalue weighted by Crippen LogP contribution is 2.23. The maximum Gasteiger partial charge on any atom is 0.234 e. The van der Waals surface area contributed by atoms with Crippen LogP contribution in [0.3, 0.4) is 0 Å². The number of aromatic nitrogens is 1. The van der Waals surface area contributed by atoms with Gasteiger partial charge in [-0.05, 0) is 37.8 Å². The Morgan fingerprint density at radius 2 is 2.16 bits per heavy atom. The molecule has 0 amide bonds. The highest BCUT2D eigenvalue weighted by molar-refractivity contribution is 7.92. The van der Waals surface area contributed by atoms with Gasteiger partial charge in [0.05, 0.1) is 11.4 Å². The second kappa shape index (κ2) is 6.19. The molecule has 0 bridgehead atoms. The number of piperidine rings is 1. The maximum absolute atomic E-state index is 12.1. The second-order valence-electron chi connectivity index (χ2n) is 5.31. The summed E-state index contributed by atoms with van der Waals surface area (Å²) >= 11 is 1.35. The Bertz CT molecular complexity index is 505. The van der Waals surface area contributed by atoms with Crippen LogP contribution in [0.2, 0.25) is 0 Å². The van der Waals surface area contributed by atoms with Crippen LogP contribution in [0.15, 0.2) is 5.38 Å². The molecule has 5 nitrogen and oxygen atoms in total. The Labute approximate surface area is 118 Å². The van der Waals surface area contributed by atoms with Gasteiger partial charge in [-0.1, -0.05) is 13.8 Å². The molecule has 2 N–H and O–H groups in total. The van der Waals surface area contributed by atoms with E-state index in [0.29, 0.717) is 11.0 Å². The third-order valence-corrected chi connectivity index (χ3v) is 5.59. The van der Waals surface area contributed by atoms with E-state index in [2.05, 4.69) is 15.0 Å². The third-order valence-electron chi connectivity index (χ3n) is 3.27. The minimum atomic E-state index is -3.28. The molecule has 0 aromatic carbocycles. The minimum absolute atomic E-state index is 0.200. The van der Waals surface area contributed by atoms with E-state index in [1.165, 1.54) is 11.3 Å². The molecule has 1 saturated heterocycles. The molecule has 1 fully saturated rings. The van der Waals surface area contributed by atoms with E-state index in [-0.39, 0.29) is 11.7 Å². The first kappa shape index (κ1) is 14.7. The van der Waals surface area contributed by atoms with Crippen molar-refractivity contribution >= 4 is 26.5 Å². The molecule has 1 aliphatic heterocycles. The number of hydrogen-bond donors (Lipinski definition) is 2. The first-order valence-corrected chi connectivity index (χ1v) is 9.16. The van der Waals surface area contributed by atoms with Gasteiger partial charge in [0.15, 0.2) is 5.13 Å². The highest BCUT2D eigenvalue weighted by atomic mass is 32.2. The molecule has 19 heavy (non-hydrogen) atoms. The van der Waals surface area contributed by atoms with Gasteiger partial charge in [0.25, 0.3) is 0 Å². The van der Waals surface area contributed by atoms with E-state index in [1.807, 2.05) is 19.2 Å². The summed E-state index contributed by atoms with van der Waals surface area (Å²) in [6.45, 7) is 5.91. The number of nitrogens with one attached hydrogen (secondary N) is 2. The van der Waals surface area contributed by atoms with Crippen molar-refractivity contribution in [3.8, 4) is 0 Å². The normalized spacial score (nSPS) is 17.8. The Balaban J connectivity index is 1.95. The van der Waals surface area contributed by atoms with Crippen LogP contribution < -0.4 is 10.0 Å². The molecular formula is C12H21N3O2S2. The van der Waals surface area contributed by atoms with Crippen LogP contribution in [0.4, 0.5) is 5.13 Å². The van der Waals surface area contributed by atoms with Gasteiger partial charge in [0.1, 0.15) is 0 Å². The molecule has 0 saturated carbocycles. The lowest BCUT2D eigenvalue weighted by atomic mass is 10.0. The molecule has 2 rings (SSSR count). The SMILES string of the molecule is CC(C)c1csc(NS(=O)(=O)CC2CCNCC2)n1. The largest absolute Gasteiger partial charge is 0.317 e. The average molecular weight is 303 g/mol. The Morgan fingerprint density at radius 1 is 1.47 bits per heavy atom. The molecule has 7 heteroatoms. The van der Waals surface area contributed by atoms with E-state index in [4.69, 9.17) is 0 Å². The second-order valence-corrected chi connectivity index (χ2v) is 7.93. The number of hydrogen-bond acceptors (Lipinski definition) is 5. The number of anilines is 1. The monoisotopic (exact) mass is 303 g/mol. The summed E-state index contributed by atoms with van der Waals surface area (Å²) < 4.78 is 26.8. The van der Waals surface area contributed by atoms with Gasteiger partial charge >= 0.3 is 0 Å². The van der Waals surface area contributed by atoms with Crippen LogP contribution in [-0.4, -0.2) is 32.2 Å². The fraction of sp³-hybridized carbons (Fsp3) is 0.750. The van der Waals surface area contributed by atoms with Crippen molar-refractivity contribution in [1.82, 2.24) is 10.3 Å². The molecule has 0 spiro atoms. The third kappa shape index (κ3) is 4.43. The van der Waals surface area contributed by atoms with Crippen molar-refractivity contribution < 1.29 is 8.42 Å². The van der Waals surface area contributed by atoms with Crippen LogP contribution in [0.25, 0.3) is 0 Å². The van der Waals surface area contributed by atoms with Gasteiger partial charge in [-0.3, -0.25) is 4.72 Å². The van der Waals surface area contributed by atoms with Crippen LogP contribution in [0, 0.1) is 5.92 Å². The first-order valence-electron chi connectivity index (χ1n) is 6.63. The van der Waals surface area contributed by atoms with Crippen LogP contribution >= 0.6 is 11.3 Å². The first-order chi connectivity index (χ1) is 8.96. The summed E-state index contributed by atoms with van der Waals surface area (Å²) in [5.41, 5.74) is 0.935. The summed E-state index contributed by atoms with van der Waals surface area (Å²) in [7, 11) is -3.28. The summed E-state index contributed by atoms with van der Waals surface area (Å²) in [6, 6.07) is 0. The van der Waals surface area contributed by atoms with Gasteiger partial charge in [-0.2, -0.15) is 0 Å². The lowest BCUT2D eigenvalue weighted by molar-refractivity contribution is 0.402. The number of sulfonamides is 1. The molecule has 0 radical (unpaired) electrons. The number of thiazole rings is 1. The molecule has 0 aliphatic carbocycles.